The topological polar surface area (TPSA) is 58.0 Å². The van der Waals surface area contributed by atoms with Crippen LogP contribution in [-0.4, -0.2) is 27.2 Å². The van der Waals surface area contributed by atoms with Gasteiger partial charge in [0, 0.05) is 22.5 Å². The van der Waals surface area contributed by atoms with Crippen LogP contribution in [0.1, 0.15) is 38.5 Å². The Kier molecular flexibility index (Phi) is 4.55. The second kappa shape index (κ2) is 5.95. The summed E-state index contributed by atoms with van der Waals surface area (Å²) in [6, 6.07) is 0. The van der Waals surface area contributed by atoms with Crippen LogP contribution in [0.5, 0.6) is 0 Å². The van der Waals surface area contributed by atoms with E-state index in [4.69, 9.17) is 0 Å². The van der Waals surface area contributed by atoms with Crippen molar-refractivity contribution in [2.75, 3.05) is 11.9 Å². The quantitative estimate of drug-likeness (QED) is 0.652. The molecule has 2 N–H and O–H groups in total. The summed E-state index contributed by atoms with van der Waals surface area (Å²) in [6.07, 6.45) is 10.0. The van der Waals surface area contributed by atoms with E-state index in [-0.39, 0.29) is 0 Å². The van der Waals surface area contributed by atoms with E-state index in [2.05, 4.69) is 37.9 Å². The van der Waals surface area contributed by atoms with Crippen molar-refractivity contribution in [2.45, 2.75) is 44.1 Å². The summed E-state index contributed by atoms with van der Waals surface area (Å²) < 4.78 is 1.02. The molecule has 4 nitrogen and oxygen atoms in total. The average Bonchev–Trinajstić information content (AvgIpc) is 2.54. The van der Waals surface area contributed by atoms with Gasteiger partial charge in [-0.25, -0.2) is 9.97 Å². The van der Waals surface area contributed by atoms with Crippen molar-refractivity contribution < 1.29 is 5.11 Å². The molecule has 0 atom stereocenters. The van der Waals surface area contributed by atoms with E-state index in [0.717, 1.165) is 29.3 Å². The summed E-state index contributed by atoms with van der Waals surface area (Å²) in [6.45, 7) is 0.549. The van der Waals surface area contributed by atoms with Gasteiger partial charge < -0.3 is 10.4 Å². The first-order valence-corrected chi connectivity index (χ1v) is 7.20. The first-order chi connectivity index (χ1) is 8.18. The van der Waals surface area contributed by atoms with Gasteiger partial charge in [0.1, 0.15) is 0 Å². The second-order valence-electron chi connectivity index (χ2n) is 4.72. The predicted molar refractivity (Wildman–Crippen MR) is 75.9 cm³/mol. The van der Waals surface area contributed by atoms with Crippen LogP contribution < -0.4 is 5.32 Å². The molecule has 5 heteroatoms. The summed E-state index contributed by atoms with van der Waals surface area (Å²) in [5, 5.41) is 13.6. The smallest absolute Gasteiger partial charge is 0.222 e. The average molecular weight is 347 g/mol. The summed E-state index contributed by atoms with van der Waals surface area (Å²) in [5.41, 5.74) is -0.580. The van der Waals surface area contributed by atoms with E-state index < -0.39 is 5.60 Å². The number of nitrogens with one attached hydrogen (secondary N) is 1. The number of hydrogen-bond donors (Lipinski definition) is 2. The Morgan fingerprint density at radius 2 is 1.76 bits per heavy atom. The van der Waals surface area contributed by atoms with Gasteiger partial charge in [0.05, 0.1) is 5.60 Å². The molecule has 0 unspecified atom stereocenters. The SMILES string of the molecule is OC1(CNc2ncc(I)cn2)CCCCCC1. The van der Waals surface area contributed by atoms with Gasteiger partial charge in [0.2, 0.25) is 5.95 Å². The number of rotatable bonds is 3. The van der Waals surface area contributed by atoms with E-state index >= 15 is 0 Å². The molecule has 1 aliphatic carbocycles. The Hall–Kier alpha value is -0.430. The molecule has 1 aliphatic rings. The summed E-state index contributed by atoms with van der Waals surface area (Å²) in [4.78, 5) is 8.35. The molecule has 0 amide bonds. The summed E-state index contributed by atoms with van der Waals surface area (Å²) in [5.74, 6) is 0.600. The molecule has 0 bridgehead atoms. The van der Waals surface area contributed by atoms with Crippen molar-refractivity contribution >= 4 is 28.5 Å². The van der Waals surface area contributed by atoms with E-state index in [1.807, 2.05) is 0 Å². The van der Waals surface area contributed by atoms with Crippen LogP contribution in [0, 0.1) is 3.57 Å². The maximum Gasteiger partial charge on any atom is 0.222 e. The normalized spacial score (nSPS) is 19.6. The highest BCUT2D eigenvalue weighted by Crippen LogP contribution is 2.26. The van der Waals surface area contributed by atoms with E-state index in [1.165, 1.54) is 12.8 Å². The lowest BCUT2D eigenvalue weighted by Gasteiger charge is -2.26. The molecule has 2 rings (SSSR count). The number of nitrogens with zero attached hydrogens (tertiary/aromatic N) is 2. The van der Waals surface area contributed by atoms with Gasteiger partial charge in [-0.2, -0.15) is 0 Å². The molecule has 1 saturated carbocycles. The third-order valence-electron chi connectivity index (χ3n) is 3.23. The fraction of sp³-hybridized carbons (Fsp3) is 0.667. The molecular formula is C12H18IN3O. The monoisotopic (exact) mass is 347 g/mol. The minimum Gasteiger partial charge on any atom is -0.388 e. The molecule has 1 aromatic heterocycles. The molecule has 94 valence electrons. The Morgan fingerprint density at radius 1 is 1.18 bits per heavy atom. The van der Waals surface area contributed by atoms with Crippen molar-refractivity contribution in [3.8, 4) is 0 Å². The number of halogens is 1. The van der Waals surface area contributed by atoms with Gasteiger partial charge in [0.25, 0.3) is 0 Å². The Bertz CT molecular complexity index is 347. The van der Waals surface area contributed by atoms with Gasteiger partial charge in [0.15, 0.2) is 0 Å². The van der Waals surface area contributed by atoms with E-state index in [0.29, 0.717) is 12.5 Å². The molecule has 1 fully saturated rings. The third-order valence-corrected chi connectivity index (χ3v) is 3.79. The van der Waals surface area contributed by atoms with Crippen LogP contribution in [0.3, 0.4) is 0 Å². The van der Waals surface area contributed by atoms with Crippen LogP contribution in [0.25, 0.3) is 0 Å². The molecule has 1 heterocycles. The van der Waals surface area contributed by atoms with Crippen molar-refractivity contribution in [3.63, 3.8) is 0 Å². The van der Waals surface area contributed by atoms with Crippen molar-refractivity contribution in [1.29, 1.82) is 0 Å². The lowest BCUT2D eigenvalue weighted by molar-refractivity contribution is 0.0379. The van der Waals surface area contributed by atoms with Crippen molar-refractivity contribution in [1.82, 2.24) is 9.97 Å². The summed E-state index contributed by atoms with van der Waals surface area (Å²) in [7, 11) is 0. The second-order valence-corrected chi connectivity index (χ2v) is 5.96. The zero-order valence-electron chi connectivity index (χ0n) is 9.82. The first-order valence-electron chi connectivity index (χ1n) is 6.12. The number of anilines is 1. The fourth-order valence-electron chi connectivity index (χ4n) is 2.21. The number of aliphatic hydroxyl groups is 1. The Morgan fingerprint density at radius 3 is 2.35 bits per heavy atom. The van der Waals surface area contributed by atoms with Crippen molar-refractivity contribution in [3.05, 3.63) is 16.0 Å². The minimum absolute atomic E-state index is 0.549. The molecule has 17 heavy (non-hydrogen) atoms. The molecular weight excluding hydrogens is 329 g/mol. The number of aromatic nitrogens is 2. The van der Waals surface area contributed by atoms with Crippen LogP contribution in [-0.2, 0) is 0 Å². The zero-order chi connectivity index (χ0) is 12.1. The van der Waals surface area contributed by atoms with E-state index in [1.54, 1.807) is 12.4 Å². The highest BCUT2D eigenvalue weighted by molar-refractivity contribution is 14.1. The van der Waals surface area contributed by atoms with Crippen LogP contribution >= 0.6 is 22.6 Å². The van der Waals surface area contributed by atoms with Gasteiger partial charge >= 0.3 is 0 Å². The standard InChI is InChI=1S/C12H18IN3O/c13-10-7-14-11(15-8-10)16-9-12(17)5-3-1-2-4-6-12/h7-8,17H,1-6,9H2,(H,14,15,16). The van der Waals surface area contributed by atoms with Crippen LogP contribution in [0.4, 0.5) is 5.95 Å². The zero-order valence-corrected chi connectivity index (χ0v) is 12.0. The lowest BCUT2D eigenvalue weighted by atomic mass is 9.95. The van der Waals surface area contributed by atoms with Crippen LogP contribution in [0.2, 0.25) is 0 Å². The lowest BCUT2D eigenvalue weighted by Crippen LogP contribution is -2.36. The molecule has 0 saturated heterocycles. The molecule has 0 radical (unpaired) electrons. The van der Waals surface area contributed by atoms with Gasteiger partial charge in [-0.05, 0) is 35.4 Å². The highest BCUT2D eigenvalue weighted by atomic mass is 127. The maximum atomic E-state index is 10.4. The fourth-order valence-corrected chi connectivity index (χ4v) is 2.49. The van der Waals surface area contributed by atoms with E-state index in [9.17, 15) is 5.11 Å². The molecule has 1 aromatic rings. The summed E-state index contributed by atoms with van der Waals surface area (Å²) >= 11 is 2.17. The van der Waals surface area contributed by atoms with Crippen LogP contribution in [0.15, 0.2) is 12.4 Å². The van der Waals surface area contributed by atoms with Gasteiger partial charge in [-0.15, -0.1) is 0 Å². The van der Waals surface area contributed by atoms with Gasteiger partial charge in [-0.3, -0.25) is 0 Å². The molecule has 0 aliphatic heterocycles. The predicted octanol–water partition coefficient (Wildman–Crippen LogP) is 2.58. The largest absolute Gasteiger partial charge is 0.388 e. The van der Waals surface area contributed by atoms with Crippen molar-refractivity contribution in [2.24, 2.45) is 0 Å². The Balaban J connectivity index is 1.89. The first kappa shape index (κ1) is 13.0. The highest BCUT2D eigenvalue weighted by Gasteiger charge is 2.27. The minimum atomic E-state index is -0.580. The maximum absolute atomic E-state index is 10.4. The van der Waals surface area contributed by atoms with Gasteiger partial charge in [-0.1, -0.05) is 25.7 Å². The third kappa shape index (κ3) is 4.06. The molecule has 0 spiro atoms. The Labute approximate surface area is 115 Å². The number of hydrogen-bond acceptors (Lipinski definition) is 4. The molecule has 0 aromatic carbocycles.